The normalized spacial score (nSPS) is 17.6. The van der Waals surface area contributed by atoms with E-state index < -0.39 is 0 Å². The number of hydrogen-bond donors (Lipinski definition) is 1. The Morgan fingerprint density at radius 1 is 1.00 bits per heavy atom. The van der Waals surface area contributed by atoms with Gasteiger partial charge < -0.3 is 14.8 Å². The molecule has 190 valence electrons. The van der Waals surface area contributed by atoms with Gasteiger partial charge in [-0.05, 0) is 73.5 Å². The first-order valence-corrected chi connectivity index (χ1v) is 12.9. The SMILES string of the molecule is COC(=O)c1ccc([C@@H]2C[C@H](CCCN[C@H](C)c3ccc(F)c4ccccc34)Oc3ccccc32)cc1. The first-order chi connectivity index (χ1) is 18.0. The van der Waals surface area contributed by atoms with Gasteiger partial charge in [-0.15, -0.1) is 0 Å². The molecule has 0 amide bonds. The van der Waals surface area contributed by atoms with Crippen molar-refractivity contribution in [3.8, 4) is 5.75 Å². The Labute approximate surface area is 217 Å². The zero-order valence-electron chi connectivity index (χ0n) is 21.2. The van der Waals surface area contributed by atoms with Gasteiger partial charge in [-0.1, -0.05) is 60.7 Å². The second-order valence-electron chi connectivity index (χ2n) is 9.68. The van der Waals surface area contributed by atoms with Crippen LogP contribution in [0.2, 0.25) is 0 Å². The van der Waals surface area contributed by atoms with E-state index in [0.29, 0.717) is 10.9 Å². The van der Waals surface area contributed by atoms with E-state index in [-0.39, 0.29) is 29.9 Å². The second kappa shape index (κ2) is 11.1. The van der Waals surface area contributed by atoms with E-state index in [1.807, 2.05) is 72.8 Å². The molecule has 5 rings (SSSR count). The Kier molecular flexibility index (Phi) is 7.52. The fourth-order valence-corrected chi connectivity index (χ4v) is 5.38. The second-order valence-corrected chi connectivity index (χ2v) is 9.68. The lowest BCUT2D eigenvalue weighted by atomic mass is 9.83. The minimum absolute atomic E-state index is 0.101. The van der Waals surface area contributed by atoms with Gasteiger partial charge in [0.25, 0.3) is 0 Å². The maximum Gasteiger partial charge on any atom is 0.337 e. The van der Waals surface area contributed by atoms with Crippen molar-refractivity contribution in [2.24, 2.45) is 0 Å². The Morgan fingerprint density at radius 2 is 1.73 bits per heavy atom. The van der Waals surface area contributed by atoms with Gasteiger partial charge in [-0.25, -0.2) is 9.18 Å². The highest BCUT2D eigenvalue weighted by Gasteiger charge is 2.29. The average Bonchev–Trinajstić information content (AvgIpc) is 2.95. The minimum atomic E-state index is -0.327. The molecule has 4 aromatic rings. The highest BCUT2D eigenvalue weighted by Crippen LogP contribution is 2.41. The molecule has 0 spiro atoms. The van der Waals surface area contributed by atoms with Crippen LogP contribution in [-0.4, -0.2) is 25.7 Å². The molecule has 4 nitrogen and oxygen atoms in total. The maximum absolute atomic E-state index is 14.2. The zero-order valence-corrected chi connectivity index (χ0v) is 21.2. The number of methoxy groups -OCH3 is 1. The summed E-state index contributed by atoms with van der Waals surface area (Å²) in [6.07, 6.45) is 2.87. The minimum Gasteiger partial charge on any atom is -0.490 e. The number of halogens is 1. The summed E-state index contributed by atoms with van der Waals surface area (Å²) in [6.45, 7) is 2.97. The fraction of sp³-hybridized carbons (Fsp3) is 0.281. The van der Waals surface area contributed by atoms with Crippen molar-refractivity contribution in [3.63, 3.8) is 0 Å². The number of fused-ring (bicyclic) bond motifs is 2. The average molecular weight is 498 g/mol. The van der Waals surface area contributed by atoms with Crippen molar-refractivity contribution < 1.29 is 18.7 Å². The molecule has 0 radical (unpaired) electrons. The van der Waals surface area contributed by atoms with Gasteiger partial charge >= 0.3 is 5.97 Å². The Morgan fingerprint density at radius 3 is 2.51 bits per heavy atom. The summed E-state index contributed by atoms with van der Waals surface area (Å²) in [5.41, 5.74) is 4.01. The van der Waals surface area contributed by atoms with Crippen LogP contribution in [-0.2, 0) is 4.74 Å². The molecule has 0 saturated heterocycles. The summed E-state index contributed by atoms with van der Waals surface area (Å²) in [7, 11) is 1.40. The van der Waals surface area contributed by atoms with Crippen molar-refractivity contribution in [2.45, 2.75) is 44.2 Å². The van der Waals surface area contributed by atoms with Crippen LogP contribution in [0.4, 0.5) is 4.39 Å². The lowest BCUT2D eigenvalue weighted by Gasteiger charge is -2.33. The molecule has 0 fully saturated rings. The fourth-order valence-electron chi connectivity index (χ4n) is 5.38. The smallest absolute Gasteiger partial charge is 0.337 e. The quantitative estimate of drug-likeness (QED) is 0.207. The van der Waals surface area contributed by atoms with Crippen LogP contribution in [0.5, 0.6) is 5.75 Å². The Bertz CT molecular complexity index is 1380. The summed E-state index contributed by atoms with van der Waals surface area (Å²) in [6, 6.07) is 27.1. The molecule has 5 heteroatoms. The van der Waals surface area contributed by atoms with Crippen LogP contribution in [0.15, 0.2) is 84.9 Å². The van der Waals surface area contributed by atoms with E-state index in [1.165, 1.54) is 18.2 Å². The Balaban J connectivity index is 1.23. The zero-order chi connectivity index (χ0) is 25.8. The number of carbonyl (C=O) groups excluding carboxylic acids is 1. The third-order valence-electron chi connectivity index (χ3n) is 7.35. The monoisotopic (exact) mass is 497 g/mol. The summed E-state index contributed by atoms with van der Waals surface area (Å²) in [5.74, 6) is 0.627. The molecule has 0 saturated carbocycles. The standard InChI is InChI=1S/C32H32FNO3/c1-21(25-17-18-30(33)27-10-4-3-9-26(25)27)34-19-7-8-24-20-29(28-11-5-6-12-31(28)37-24)22-13-15-23(16-14-22)32(35)36-2/h3-6,9-18,21,24,29,34H,7-8,19-20H2,1-2H3/t21-,24+,29+/m1/s1. The summed E-state index contributed by atoms with van der Waals surface area (Å²) in [4.78, 5) is 11.9. The van der Waals surface area contributed by atoms with Crippen LogP contribution in [0.25, 0.3) is 10.8 Å². The highest BCUT2D eigenvalue weighted by atomic mass is 19.1. The van der Waals surface area contributed by atoms with E-state index in [9.17, 15) is 9.18 Å². The van der Waals surface area contributed by atoms with Crippen LogP contribution < -0.4 is 10.1 Å². The van der Waals surface area contributed by atoms with Gasteiger partial charge in [-0.2, -0.15) is 0 Å². The van der Waals surface area contributed by atoms with E-state index in [2.05, 4.69) is 18.3 Å². The number of nitrogens with one attached hydrogen (secondary N) is 1. The topological polar surface area (TPSA) is 47.6 Å². The lowest BCUT2D eigenvalue weighted by molar-refractivity contribution is 0.0600. The molecular formula is C32H32FNO3. The molecule has 3 atom stereocenters. The van der Waals surface area contributed by atoms with Gasteiger partial charge in [0.2, 0.25) is 0 Å². The molecule has 1 aliphatic rings. The Hall–Kier alpha value is -3.70. The van der Waals surface area contributed by atoms with Gasteiger partial charge in [0.05, 0.1) is 18.8 Å². The van der Waals surface area contributed by atoms with Crippen LogP contribution in [0.1, 0.15) is 65.2 Å². The molecule has 4 aromatic carbocycles. The van der Waals surface area contributed by atoms with E-state index in [1.54, 1.807) is 6.07 Å². The maximum atomic E-state index is 14.2. The molecular weight excluding hydrogens is 465 g/mol. The van der Waals surface area contributed by atoms with Crippen LogP contribution in [0.3, 0.4) is 0 Å². The number of hydrogen-bond acceptors (Lipinski definition) is 4. The molecule has 0 unspecified atom stereocenters. The number of ether oxygens (including phenoxy) is 2. The number of benzene rings is 4. The molecule has 37 heavy (non-hydrogen) atoms. The van der Waals surface area contributed by atoms with Crippen molar-refractivity contribution in [1.82, 2.24) is 5.32 Å². The van der Waals surface area contributed by atoms with Crippen molar-refractivity contribution in [3.05, 3.63) is 113 Å². The number of rotatable bonds is 8. The molecule has 0 aromatic heterocycles. The predicted octanol–water partition coefficient (Wildman–Crippen LogP) is 7.18. The number of carbonyl (C=O) groups is 1. The largest absolute Gasteiger partial charge is 0.490 e. The van der Waals surface area contributed by atoms with E-state index in [0.717, 1.165) is 42.5 Å². The van der Waals surface area contributed by atoms with Crippen molar-refractivity contribution >= 4 is 16.7 Å². The molecule has 1 N–H and O–H groups in total. The summed E-state index contributed by atoms with van der Waals surface area (Å²) < 4.78 is 25.4. The van der Waals surface area contributed by atoms with E-state index in [4.69, 9.17) is 9.47 Å². The third-order valence-corrected chi connectivity index (χ3v) is 7.35. The van der Waals surface area contributed by atoms with Crippen LogP contribution in [0, 0.1) is 5.82 Å². The van der Waals surface area contributed by atoms with Gasteiger partial charge in [0, 0.05) is 22.9 Å². The van der Waals surface area contributed by atoms with E-state index >= 15 is 0 Å². The van der Waals surface area contributed by atoms with Crippen molar-refractivity contribution in [1.29, 1.82) is 0 Å². The molecule has 0 bridgehead atoms. The molecule has 0 aliphatic carbocycles. The first kappa shape index (κ1) is 25.0. The highest BCUT2D eigenvalue weighted by molar-refractivity contribution is 5.89. The predicted molar refractivity (Wildman–Crippen MR) is 145 cm³/mol. The lowest BCUT2D eigenvalue weighted by Crippen LogP contribution is -2.28. The van der Waals surface area contributed by atoms with Gasteiger partial charge in [-0.3, -0.25) is 0 Å². The third kappa shape index (κ3) is 5.37. The molecule has 1 aliphatic heterocycles. The van der Waals surface area contributed by atoms with Gasteiger partial charge in [0.1, 0.15) is 11.6 Å². The van der Waals surface area contributed by atoms with Gasteiger partial charge in [0.15, 0.2) is 0 Å². The van der Waals surface area contributed by atoms with Crippen molar-refractivity contribution in [2.75, 3.05) is 13.7 Å². The summed E-state index contributed by atoms with van der Waals surface area (Å²) in [5, 5.41) is 5.23. The molecule has 1 heterocycles. The summed E-state index contributed by atoms with van der Waals surface area (Å²) >= 11 is 0. The first-order valence-electron chi connectivity index (χ1n) is 12.9. The number of esters is 1. The number of para-hydroxylation sites is 1. The van der Waals surface area contributed by atoms with Crippen LogP contribution >= 0.6 is 0 Å².